The molecule has 0 spiro atoms. The lowest BCUT2D eigenvalue weighted by Gasteiger charge is -2.07. The number of hydrazine groups is 1. The quantitative estimate of drug-likeness (QED) is 0.449. The highest BCUT2D eigenvalue weighted by molar-refractivity contribution is 5.99. The minimum atomic E-state index is -0.612. The molecule has 4 aromatic rings. The van der Waals surface area contributed by atoms with Gasteiger partial charge in [-0.05, 0) is 68.4 Å². The summed E-state index contributed by atoms with van der Waals surface area (Å²) in [5.41, 5.74) is 6.71. The number of hydrogen-bond donors (Lipinski definition) is 2. The fourth-order valence-electron chi connectivity index (χ4n) is 3.30. The Balaban J connectivity index is 1.34. The number of aryl methyl sites for hydroxylation is 2. The van der Waals surface area contributed by atoms with E-state index in [-0.39, 0.29) is 18.2 Å². The highest BCUT2D eigenvalue weighted by Crippen LogP contribution is 2.18. The van der Waals surface area contributed by atoms with Crippen molar-refractivity contribution in [2.45, 2.75) is 27.0 Å². The fourth-order valence-corrected chi connectivity index (χ4v) is 3.30. The molecule has 2 N–H and O–H groups in total. The highest BCUT2D eigenvalue weighted by Gasteiger charge is 2.15. The number of carbonyl (C=O) groups is 2. The van der Waals surface area contributed by atoms with E-state index in [1.165, 1.54) is 30.3 Å². The molecule has 4 rings (SSSR count). The molecule has 8 nitrogen and oxygen atoms in total. The predicted octanol–water partition coefficient (Wildman–Crippen LogP) is 3.75. The number of rotatable bonds is 6. The molecule has 9 heteroatoms. The van der Waals surface area contributed by atoms with Crippen molar-refractivity contribution >= 4 is 22.8 Å². The van der Waals surface area contributed by atoms with Crippen LogP contribution in [0, 0.1) is 12.7 Å². The summed E-state index contributed by atoms with van der Waals surface area (Å²) in [6.07, 6.45) is 0. The number of nitrogens with zero attached hydrogens (tertiary/aromatic N) is 2. The molecule has 164 valence electrons. The maximum Gasteiger partial charge on any atom is 0.305 e. The first-order valence-electron chi connectivity index (χ1n) is 9.99. The van der Waals surface area contributed by atoms with Gasteiger partial charge in [0, 0.05) is 12.1 Å². The van der Waals surface area contributed by atoms with Gasteiger partial charge in [0.05, 0.1) is 11.0 Å². The van der Waals surface area contributed by atoms with E-state index >= 15 is 0 Å². The van der Waals surface area contributed by atoms with Gasteiger partial charge in [-0.25, -0.2) is 9.37 Å². The second-order valence-electron chi connectivity index (χ2n) is 7.02. The third-order valence-electron chi connectivity index (χ3n) is 4.89. The van der Waals surface area contributed by atoms with Crippen LogP contribution in [0.4, 0.5) is 4.39 Å². The van der Waals surface area contributed by atoms with E-state index in [1.54, 1.807) is 18.2 Å². The molecule has 0 aliphatic carbocycles. The van der Waals surface area contributed by atoms with Crippen molar-refractivity contribution in [3.05, 3.63) is 83.3 Å². The van der Waals surface area contributed by atoms with Crippen LogP contribution in [-0.4, -0.2) is 21.4 Å². The zero-order chi connectivity index (χ0) is 22.7. The van der Waals surface area contributed by atoms with Gasteiger partial charge in [0.2, 0.25) is 0 Å². The molecular weight excluding hydrogens is 415 g/mol. The number of fused-ring (bicyclic) bond motifs is 1. The van der Waals surface area contributed by atoms with Crippen LogP contribution in [0.3, 0.4) is 0 Å². The first-order chi connectivity index (χ1) is 15.4. The van der Waals surface area contributed by atoms with Gasteiger partial charge in [0.1, 0.15) is 29.8 Å². The highest BCUT2D eigenvalue weighted by atomic mass is 19.1. The van der Waals surface area contributed by atoms with Crippen molar-refractivity contribution in [1.82, 2.24) is 20.4 Å². The van der Waals surface area contributed by atoms with E-state index < -0.39 is 11.8 Å². The fraction of sp³-hybridized carbons (Fsp3) is 0.174. The number of halogens is 1. The SMILES string of the molecule is CCn1c(C)nc2cc(C(=O)NNC(=O)c3ccc(COc4ccc(F)cc4)o3)ccc21. The summed E-state index contributed by atoms with van der Waals surface area (Å²) in [5, 5.41) is 0. The van der Waals surface area contributed by atoms with Crippen molar-refractivity contribution in [3.63, 3.8) is 0 Å². The Kier molecular flexibility index (Phi) is 5.89. The summed E-state index contributed by atoms with van der Waals surface area (Å²) in [5.74, 6) is 0.298. The summed E-state index contributed by atoms with van der Waals surface area (Å²) in [4.78, 5) is 29.2. The lowest BCUT2D eigenvalue weighted by Crippen LogP contribution is -2.41. The van der Waals surface area contributed by atoms with Crippen LogP contribution < -0.4 is 15.6 Å². The molecule has 0 aliphatic heterocycles. The standard InChI is InChI=1S/C23H21FN4O4/c1-3-28-14(2)25-19-12-15(4-10-20(19)28)22(29)26-27-23(30)21-11-9-18(32-21)13-31-17-7-5-16(24)6-8-17/h4-12H,3,13H2,1-2H3,(H,26,29)(H,27,30). The van der Waals surface area contributed by atoms with Crippen LogP contribution in [-0.2, 0) is 13.2 Å². The van der Waals surface area contributed by atoms with Crippen molar-refractivity contribution < 1.29 is 23.1 Å². The van der Waals surface area contributed by atoms with E-state index in [0.717, 1.165) is 17.9 Å². The molecule has 0 bridgehead atoms. The van der Waals surface area contributed by atoms with Crippen molar-refractivity contribution in [2.24, 2.45) is 0 Å². The first-order valence-corrected chi connectivity index (χ1v) is 9.99. The van der Waals surface area contributed by atoms with Gasteiger partial charge in [0.25, 0.3) is 5.91 Å². The van der Waals surface area contributed by atoms with Gasteiger partial charge in [-0.1, -0.05) is 0 Å². The molecule has 2 amide bonds. The average molecular weight is 436 g/mol. The number of aromatic nitrogens is 2. The number of furan rings is 1. The third kappa shape index (κ3) is 4.46. The van der Waals surface area contributed by atoms with Gasteiger partial charge < -0.3 is 13.7 Å². The summed E-state index contributed by atoms with van der Waals surface area (Å²) < 4.78 is 25.9. The largest absolute Gasteiger partial charge is 0.486 e. The average Bonchev–Trinajstić information content (AvgIpc) is 3.39. The van der Waals surface area contributed by atoms with E-state index in [2.05, 4.69) is 15.8 Å². The van der Waals surface area contributed by atoms with E-state index in [9.17, 15) is 14.0 Å². The zero-order valence-corrected chi connectivity index (χ0v) is 17.5. The lowest BCUT2D eigenvalue weighted by molar-refractivity contribution is 0.0828. The van der Waals surface area contributed by atoms with Gasteiger partial charge in [0.15, 0.2) is 5.76 Å². The summed E-state index contributed by atoms with van der Waals surface area (Å²) in [7, 11) is 0. The number of ether oxygens (including phenoxy) is 1. The molecule has 0 fully saturated rings. The predicted molar refractivity (Wildman–Crippen MR) is 115 cm³/mol. The van der Waals surface area contributed by atoms with Crippen LogP contribution in [0.25, 0.3) is 11.0 Å². The first kappa shape index (κ1) is 21.1. The Bertz CT molecular complexity index is 1280. The topological polar surface area (TPSA) is 98.4 Å². The Hall–Kier alpha value is -4.14. The molecule has 2 aromatic carbocycles. The summed E-state index contributed by atoms with van der Waals surface area (Å²) in [6, 6.07) is 13.8. The van der Waals surface area contributed by atoms with Crippen LogP contribution in [0.5, 0.6) is 5.75 Å². The van der Waals surface area contributed by atoms with E-state index in [1.807, 2.05) is 24.5 Å². The van der Waals surface area contributed by atoms with Crippen LogP contribution in [0.2, 0.25) is 0 Å². The summed E-state index contributed by atoms with van der Waals surface area (Å²) in [6.45, 7) is 4.78. The Labute approximate surface area is 183 Å². The monoisotopic (exact) mass is 436 g/mol. The second-order valence-corrected chi connectivity index (χ2v) is 7.02. The summed E-state index contributed by atoms with van der Waals surface area (Å²) >= 11 is 0. The molecule has 2 heterocycles. The Morgan fingerprint density at radius 3 is 2.56 bits per heavy atom. The number of benzene rings is 2. The number of amides is 2. The molecule has 0 aliphatic rings. The number of imidazole rings is 1. The van der Waals surface area contributed by atoms with Crippen LogP contribution in [0.15, 0.2) is 59.0 Å². The van der Waals surface area contributed by atoms with E-state index in [0.29, 0.717) is 22.6 Å². The molecule has 0 radical (unpaired) electrons. The number of nitrogens with one attached hydrogen (secondary N) is 2. The van der Waals surface area contributed by atoms with Crippen molar-refractivity contribution in [2.75, 3.05) is 0 Å². The molecule has 0 saturated heterocycles. The van der Waals surface area contributed by atoms with Crippen molar-refractivity contribution in [3.8, 4) is 5.75 Å². The van der Waals surface area contributed by atoms with Crippen LogP contribution in [0.1, 0.15) is 39.4 Å². The normalized spacial score (nSPS) is 10.8. The molecule has 32 heavy (non-hydrogen) atoms. The second kappa shape index (κ2) is 8.93. The molecule has 0 saturated carbocycles. The van der Waals surface area contributed by atoms with Crippen LogP contribution >= 0.6 is 0 Å². The van der Waals surface area contributed by atoms with Gasteiger partial charge in [-0.2, -0.15) is 0 Å². The smallest absolute Gasteiger partial charge is 0.305 e. The van der Waals surface area contributed by atoms with Gasteiger partial charge >= 0.3 is 5.91 Å². The molecular formula is C23H21FN4O4. The number of hydrogen-bond acceptors (Lipinski definition) is 5. The number of carbonyl (C=O) groups excluding carboxylic acids is 2. The Morgan fingerprint density at radius 2 is 1.81 bits per heavy atom. The maximum absolute atomic E-state index is 12.9. The van der Waals surface area contributed by atoms with Crippen molar-refractivity contribution in [1.29, 1.82) is 0 Å². The lowest BCUT2D eigenvalue weighted by atomic mass is 10.2. The molecule has 0 unspecified atom stereocenters. The molecule has 0 atom stereocenters. The van der Waals surface area contributed by atoms with Gasteiger partial charge in [-0.3, -0.25) is 20.4 Å². The Morgan fingerprint density at radius 1 is 1.06 bits per heavy atom. The minimum Gasteiger partial charge on any atom is -0.486 e. The molecule has 2 aromatic heterocycles. The zero-order valence-electron chi connectivity index (χ0n) is 17.5. The maximum atomic E-state index is 12.9. The third-order valence-corrected chi connectivity index (χ3v) is 4.89. The van der Waals surface area contributed by atoms with E-state index in [4.69, 9.17) is 9.15 Å². The minimum absolute atomic E-state index is 0.00997. The van der Waals surface area contributed by atoms with Gasteiger partial charge in [-0.15, -0.1) is 0 Å².